The Balaban J connectivity index is 1.70. The summed E-state index contributed by atoms with van der Waals surface area (Å²) in [6.45, 7) is 0. The minimum absolute atomic E-state index is 0.343. The van der Waals surface area contributed by atoms with Crippen molar-refractivity contribution in [2.75, 3.05) is 5.73 Å². The number of halogens is 1. The molecule has 0 atom stereocenters. The Kier molecular flexibility index (Phi) is 3.70. The standard InChI is InChI=1S/C13H10FN3OS2/c14-8-3-4-10(9(15)6-8)20-7-12-16-13(17-18-12)11-2-1-5-19-11/h1-6H,7,15H2. The van der Waals surface area contributed by atoms with Gasteiger partial charge >= 0.3 is 0 Å². The number of hydrogen-bond acceptors (Lipinski definition) is 6. The molecule has 3 rings (SSSR count). The van der Waals surface area contributed by atoms with Crippen molar-refractivity contribution in [3.63, 3.8) is 0 Å². The van der Waals surface area contributed by atoms with Gasteiger partial charge in [-0.2, -0.15) is 4.98 Å². The van der Waals surface area contributed by atoms with E-state index in [0.29, 0.717) is 23.2 Å². The van der Waals surface area contributed by atoms with E-state index >= 15 is 0 Å². The largest absolute Gasteiger partial charge is 0.398 e. The molecule has 102 valence electrons. The molecule has 0 aliphatic rings. The number of thiophene rings is 1. The van der Waals surface area contributed by atoms with E-state index in [0.717, 1.165) is 9.77 Å². The van der Waals surface area contributed by atoms with Crippen molar-refractivity contribution < 1.29 is 8.91 Å². The zero-order chi connectivity index (χ0) is 13.9. The number of hydrogen-bond donors (Lipinski definition) is 1. The lowest BCUT2D eigenvalue weighted by atomic mass is 10.3. The number of nitrogens with zero attached hydrogens (tertiary/aromatic N) is 2. The average molecular weight is 307 g/mol. The van der Waals surface area contributed by atoms with E-state index < -0.39 is 0 Å². The van der Waals surface area contributed by atoms with Crippen LogP contribution in [0.2, 0.25) is 0 Å². The molecule has 0 unspecified atom stereocenters. The first-order valence-electron chi connectivity index (χ1n) is 5.76. The van der Waals surface area contributed by atoms with Crippen molar-refractivity contribution in [1.29, 1.82) is 0 Å². The van der Waals surface area contributed by atoms with Crippen molar-refractivity contribution in [1.82, 2.24) is 10.1 Å². The molecule has 2 aromatic heterocycles. The van der Waals surface area contributed by atoms with Gasteiger partial charge in [0.15, 0.2) is 0 Å². The number of rotatable bonds is 4. The van der Waals surface area contributed by atoms with E-state index in [4.69, 9.17) is 10.3 Å². The summed E-state index contributed by atoms with van der Waals surface area (Å²) in [6, 6.07) is 8.19. The lowest BCUT2D eigenvalue weighted by molar-refractivity contribution is 0.392. The Hall–Kier alpha value is -1.86. The van der Waals surface area contributed by atoms with E-state index in [9.17, 15) is 4.39 Å². The maximum atomic E-state index is 12.9. The highest BCUT2D eigenvalue weighted by atomic mass is 32.2. The summed E-state index contributed by atoms with van der Waals surface area (Å²) < 4.78 is 18.1. The van der Waals surface area contributed by atoms with Crippen LogP contribution in [0.15, 0.2) is 45.1 Å². The van der Waals surface area contributed by atoms with Crippen LogP contribution in [0, 0.1) is 5.82 Å². The summed E-state index contributed by atoms with van der Waals surface area (Å²) in [7, 11) is 0. The van der Waals surface area contributed by atoms with E-state index in [2.05, 4.69) is 10.1 Å². The van der Waals surface area contributed by atoms with E-state index in [1.807, 2.05) is 17.5 Å². The Bertz CT molecular complexity index is 712. The van der Waals surface area contributed by atoms with Crippen LogP contribution in [0.25, 0.3) is 10.7 Å². The number of nitrogen functional groups attached to an aromatic ring is 1. The number of nitrogens with two attached hydrogens (primary N) is 1. The molecule has 7 heteroatoms. The molecular weight excluding hydrogens is 297 g/mol. The fourth-order valence-electron chi connectivity index (χ4n) is 1.61. The summed E-state index contributed by atoms with van der Waals surface area (Å²) in [5, 5.41) is 5.88. The smallest absolute Gasteiger partial charge is 0.237 e. The minimum atomic E-state index is -0.343. The van der Waals surface area contributed by atoms with Crippen molar-refractivity contribution in [3.8, 4) is 10.7 Å². The highest BCUT2D eigenvalue weighted by Crippen LogP contribution is 2.29. The second kappa shape index (κ2) is 5.64. The second-order valence-electron chi connectivity index (χ2n) is 3.96. The topological polar surface area (TPSA) is 64.9 Å². The maximum Gasteiger partial charge on any atom is 0.237 e. The fourth-order valence-corrected chi connectivity index (χ4v) is 3.04. The van der Waals surface area contributed by atoms with Gasteiger partial charge in [-0.1, -0.05) is 11.2 Å². The summed E-state index contributed by atoms with van der Waals surface area (Å²) in [6.07, 6.45) is 0. The van der Waals surface area contributed by atoms with Gasteiger partial charge in [-0.25, -0.2) is 4.39 Å². The van der Waals surface area contributed by atoms with Crippen LogP contribution in [-0.2, 0) is 5.75 Å². The highest BCUT2D eigenvalue weighted by molar-refractivity contribution is 7.98. The predicted octanol–water partition coefficient (Wildman–Crippen LogP) is 3.81. The first-order valence-corrected chi connectivity index (χ1v) is 7.63. The summed E-state index contributed by atoms with van der Waals surface area (Å²) in [4.78, 5) is 6.07. The van der Waals surface area contributed by atoms with Gasteiger partial charge in [-0.15, -0.1) is 23.1 Å². The average Bonchev–Trinajstić information content (AvgIpc) is 3.08. The normalized spacial score (nSPS) is 10.8. The van der Waals surface area contributed by atoms with Crippen LogP contribution >= 0.6 is 23.1 Å². The summed E-state index contributed by atoms with van der Waals surface area (Å²) in [5.74, 6) is 1.25. The van der Waals surface area contributed by atoms with Crippen LogP contribution in [0.4, 0.5) is 10.1 Å². The Morgan fingerprint density at radius 1 is 1.35 bits per heavy atom. The quantitative estimate of drug-likeness (QED) is 0.586. The lowest BCUT2D eigenvalue weighted by Gasteiger charge is -2.02. The molecule has 2 heterocycles. The van der Waals surface area contributed by atoms with Crippen LogP contribution < -0.4 is 5.73 Å². The monoisotopic (exact) mass is 307 g/mol. The van der Waals surface area contributed by atoms with Crippen LogP contribution in [0.5, 0.6) is 0 Å². The molecule has 0 saturated heterocycles. The predicted molar refractivity (Wildman–Crippen MR) is 78.0 cm³/mol. The molecule has 0 aliphatic heterocycles. The molecule has 2 N–H and O–H groups in total. The molecule has 3 aromatic rings. The van der Waals surface area contributed by atoms with Gasteiger partial charge in [-0.05, 0) is 29.6 Å². The summed E-state index contributed by atoms with van der Waals surface area (Å²) >= 11 is 2.99. The maximum absolute atomic E-state index is 12.9. The molecule has 0 fully saturated rings. The van der Waals surface area contributed by atoms with E-state index in [1.54, 1.807) is 17.4 Å². The Morgan fingerprint density at radius 2 is 2.25 bits per heavy atom. The second-order valence-corrected chi connectivity index (χ2v) is 5.92. The van der Waals surface area contributed by atoms with Crippen molar-refractivity contribution >= 4 is 28.8 Å². The number of anilines is 1. The zero-order valence-electron chi connectivity index (χ0n) is 10.2. The van der Waals surface area contributed by atoms with Gasteiger partial charge < -0.3 is 10.3 Å². The molecule has 0 amide bonds. The molecule has 1 aromatic carbocycles. The minimum Gasteiger partial charge on any atom is -0.398 e. The first kappa shape index (κ1) is 13.1. The Morgan fingerprint density at radius 3 is 3.00 bits per heavy atom. The van der Waals surface area contributed by atoms with Crippen molar-refractivity contribution in [2.24, 2.45) is 0 Å². The third-order valence-corrected chi connectivity index (χ3v) is 4.47. The third-order valence-electron chi connectivity index (χ3n) is 2.53. The van der Waals surface area contributed by atoms with Gasteiger partial charge in [-0.3, -0.25) is 0 Å². The number of aromatic nitrogens is 2. The molecule has 0 spiro atoms. The zero-order valence-corrected chi connectivity index (χ0v) is 11.9. The third kappa shape index (κ3) is 2.83. The highest BCUT2D eigenvalue weighted by Gasteiger charge is 2.10. The molecule has 20 heavy (non-hydrogen) atoms. The van der Waals surface area contributed by atoms with E-state index in [1.165, 1.54) is 23.9 Å². The van der Waals surface area contributed by atoms with Gasteiger partial charge in [0.1, 0.15) is 5.82 Å². The number of thioether (sulfide) groups is 1. The number of benzene rings is 1. The molecule has 0 radical (unpaired) electrons. The van der Waals surface area contributed by atoms with Crippen molar-refractivity contribution in [3.05, 3.63) is 47.4 Å². The molecular formula is C13H10FN3OS2. The molecule has 4 nitrogen and oxygen atoms in total. The Labute approximate surface area is 122 Å². The van der Waals surface area contributed by atoms with Crippen LogP contribution in [-0.4, -0.2) is 10.1 Å². The molecule has 0 bridgehead atoms. The van der Waals surface area contributed by atoms with Gasteiger partial charge in [0.25, 0.3) is 0 Å². The van der Waals surface area contributed by atoms with Gasteiger partial charge in [0.2, 0.25) is 11.7 Å². The van der Waals surface area contributed by atoms with Gasteiger partial charge in [0, 0.05) is 10.6 Å². The molecule has 0 aliphatic carbocycles. The van der Waals surface area contributed by atoms with E-state index in [-0.39, 0.29) is 5.82 Å². The summed E-state index contributed by atoms with van der Waals surface area (Å²) in [5.41, 5.74) is 6.15. The fraction of sp³-hybridized carbons (Fsp3) is 0.0769. The lowest BCUT2D eigenvalue weighted by Crippen LogP contribution is -1.90. The van der Waals surface area contributed by atoms with Crippen molar-refractivity contribution in [2.45, 2.75) is 10.6 Å². The van der Waals surface area contributed by atoms with Crippen LogP contribution in [0.1, 0.15) is 5.89 Å². The SMILES string of the molecule is Nc1cc(F)ccc1SCc1nc(-c2cccs2)no1. The van der Waals surface area contributed by atoms with Gasteiger partial charge in [0.05, 0.1) is 10.6 Å². The first-order chi connectivity index (χ1) is 9.72. The van der Waals surface area contributed by atoms with Crippen LogP contribution in [0.3, 0.4) is 0 Å². The molecule has 0 saturated carbocycles.